The molecule has 2 aromatic carbocycles. The van der Waals surface area contributed by atoms with Crippen LogP contribution in [0.25, 0.3) is 0 Å². The molecule has 4 rings (SSSR count). The monoisotopic (exact) mass is 609 g/mol. The number of piperidine rings is 2. The van der Waals surface area contributed by atoms with E-state index in [0.29, 0.717) is 29.3 Å². The van der Waals surface area contributed by atoms with Crippen LogP contribution in [0.15, 0.2) is 42.5 Å². The van der Waals surface area contributed by atoms with Gasteiger partial charge in [-0.15, -0.1) is 0 Å². The van der Waals surface area contributed by atoms with Crippen molar-refractivity contribution in [3.05, 3.63) is 58.6 Å². The number of amides is 2. The Kier molecular flexibility index (Phi) is 9.37. The zero-order valence-corrected chi connectivity index (χ0v) is 25.3. The van der Waals surface area contributed by atoms with Crippen LogP contribution in [0.5, 0.6) is 5.75 Å². The summed E-state index contributed by atoms with van der Waals surface area (Å²) >= 11 is 6.41. The van der Waals surface area contributed by atoms with Crippen molar-refractivity contribution in [3.8, 4) is 5.75 Å². The van der Waals surface area contributed by atoms with Gasteiger partial charge in [-0.2, -0.15) is 13.2 Å². The first-order valence-corrected chi connectivity index (χ1v) is 14.6. The molecule has 0 radical (unpaired) electrons. The number of aliphatic hydroxyl groups is 1. The smallest absolute Gasteiger partial charge is 0.430 e. The van der Waals surface area contributed by atoms with Gasteiger partial charge in [0.1, 0.15) is 5.75 Å². The molecule has 2 aliphatic rings. The molecule has 7 nitrogen and oxygen atoms in total. The molecule has 0 saturated carbocycles. The molecule has 2 aliphatic heterocycles. The van der Waals surface area contributed by atoms with E-state index in [9.17, 15) is 27.9 Å². The fraction of sp³-hybridized carbons (Fsp3) is 0.548. The molecular weight excluding hydrogens is 571 g/mol. The topological polar surface area (TPSA) is 73.3 Å². The zero-order valence-electron chi connectivity index (χ0n) is 24.5. The molecule has 0 unspecified atom stereocenters. The summed E-state index contributed by atoms with van der Waals surface area (Å²) in [7, 11) is 4.68. The molecule has 2 aromatic rings. The highest BCUT2D eigenvalue weighted by Crippen LogP contribution is 2.45. The highest BCUT2D eigenvalue weighted by molar-refractivity contribution is 6.34. The van der Waals surface area contributed by atoms with E-state index in [4.69, 9.17) is 16.3 Å². The van der Waals surface area contributed by atoms with Gasteiger partial charge in [-0.1, -0.05) is 30.7 Å². The zero-order chi connectivity index (χ0) is 30.9. The molecule has 0 bridgehead atoms. The summed E-state index contributed by atoms with van der Waals surface area (Å²) in [6.45, 7) is 4.10. The molecule has 1 N–H and O–H groups in total. The van der Waals surface area contributed by atoms with Crippen LogP contribution in [0.2, 0.25) is 5.02 Å². The lowest BCUT2D eigenvalue weighted by atomic mass is 9.71. The molecule has 2 heterocycles. The van der Waals surface area contributed by atoms with Crippen molar-refractivity contribution in [1.29, 1.82) is 0 Å². The molecular formula is C31H39ClF3N3O4. The van der Waals surface area contributed by atoms with Gasteiger partial charge in [0.2, 0.25) is 0 Å². The largest absolute Gasteiger partial charge is 0.497 e. The number of anilines is 1. The Balaban J connectivity index is 1.35. The van der Waals surface area contributed by atoms with Crippen LogP contribution >= 0.6 is 11.6 Å². The highest BCUT2D eigenvalue weighted by Gasteiger charge is 2.62. The number of carbonyl (C=O) groups excluding carboxylic acids is 2. The van der Waals surface area contributed by atoms with Gasteiger partial charge in [0.25, 0.3) is 17.4 Å². The second-order valence-electron chi connectivity index (χ2n) is 12.0. The molecule has 0 spiro atoms. The summed E-state index contributed by atoms with van der Waals surface area (Å²) in [6, 6.07) is 10.5. The summed E-state index contributed by atoms with van der Waals surface area (Å²) < 4.78 is 47.6. The van der Waals surface area contributed by atoms with Crippen LogP contribution in [-0.2, 0) is 10.4 Å². The lowest BCUT2D eigenvalue weighted by molar-refractivity contribution is -0.262. The average Bonchev–Trinajstić information content (AvgIpc) is 2.96. The van der Waals surface area contributed by atoms with Gasteiger partial charge >= 0.3 is 6.18 Å². The predicted molar refractivity (Wildman–Crippen MR) is 156 cm³/mol. The minimum Gasteiger partial charge on any atom is -0.497 e. The Bertz CT molecular complexity index is 1290. The minimum absolute atomic E-state index is 0.118. The van der Waals surface area contributed by atoms with E-state index < -0.39 is 23.2 Å². The second-order valence-corrected chi connectivity index (χ2v) is 12.4. The molecule has 0 aromatic heterocycles. The Labute approximate surface area is 250 Å². The number of carbonyl (C=O) groups is 2. The summed E-state index contributed by atoms with van der Waals surface area (Å²) in [5.74, 6) is -0.924. The van der Waals surface area contributed by atoms with Crippen molar-refractivity contribution in [2.24, 2.45) is 11.3 Å². The number of halogens is 4. The van der Waals surface area contributed by atoms with Crippen molar-refractivity contribution in [1.82, 2.24) is 9.80 Å². The van der Waals surface area contributed by atoms with E-state index in [-0.39, 0.29) is 30.2 Å². The molecule has 11 heteroatoms. The number of hydrogen-bond donors (Lipinski definition) is 1. The van der Waals surface area contributed by atoms with Crippen molar-refractivity contribution >= 4 is 29.1 Å². The molecule has 2 saturated heterocycles. The fourth-order valence-electron chi connectivity index (χ4n) is 6.15. The Morgan fingerprint density at radius 1 is 1.07 bits per heavy atom. The Hall–Kier alpha value is -2.98. The summed E-state index contributed by atoms with van der Waals surface area (Å²) in [5, 5.41) is 11.3. The first-order chi connectivity index (χ1) is 19.7. The van der Waals surface area contributed by atoms with Crippen LogP contribution < -0.4 is 9.64 Å². The van der Waals surface area contributed by atoms with Gasteiger partial charge < -0.3 is 24.5 Å². The summed E-state index contributed by atoms with van der Waals surface area (Å²) in [6.07, 6.45) is -1.25. The first kappa shape index (κ1) is 31.9. The molecule has 230 valence electrons. The number of likely N-dealkylation sites (tertiary alicyclic amines) is 1. The number of nitrogens with zero attached hydrogens (tertiary/aromatic N) is 3. The van der Waals surface area contributed by atoms with E-state index in [0.717, 1.165) is 55.1 Å². The summed E-state index contributed by atoms with van der Waals surface area (Å²) in [4.78, 5) is 30.4. The maximum Gasteiger partial charge on any atom is 0.430 e. The predicted octanol–water partition coefficient (Wildman–Crippen LogP) is 5.74. The maximum absolute atomic E-state index is 14.2. The van der Waals surface area contributed by atoms with Gasteiger partial charge in [0.15, 0.2) is 0 Å². The van der Waals surface area contributed by atoms with Gasteiger partial charge in [0.05, 0.1) is 17.7 Å². The van der Waals surface area contributed by atoms with Crippen molar-refractivity contribution in [3.63, 3.8) is 0 Å². The molecule has 2 fully saturated rings. The lowest BCUT2D eigenvalue weighted by Crippen LogP contribution is -2.57. The number of methoxy groups -OCH3 is 1. The van der Waals surface area contributed by atoms with E-state index in [1.165, 1.54) is 24.1 Å². The first-order valence-electron chi connectivity index (χ1n) is 14.2. The molecule has 0 aliphatic carbocycles. The quantitative estimate of drug-likeness (QED) is 0.434. The Morgan fingerprint density at radius 2 is 1.71 bits per heavy atom. The van der Waals surface area contributed by atoms with Gasteiger partial charge in [-0.25, -0.2) is 0 Å². The molecule has 42 heavy (non-hydrogen) atoms. The van der Waals surface area contributed by atoms with Gasteiger partial charge in [-0.3, -0.25) is 9.59 Å². The van der Waals surface area contributed by atoms with Crippen molar-refractivity contribution in [2.75, 3.05) is 52.3 Å². The van der Waals surface area contributed by atoms with Crippen LogP contribution in [0.1, 0.15) is 54.9 Å². The Morgan fingerprint density at radius 3 is 2.26 bits per heavy atom. The van der Waals surface area contributed by atoms with E-state index in [1.54, 1.807) is 20.2 Å². The lowest BCUT2D eigenvalue weighted by Gasteiger charge is -2.45. The fourth-order valence-corrected chi connectivity index (χ4v) is 6.40. The minimum atomic E-state index is -5.20. The highest BCUT2D eigenvalue weighted by atomic mass is 35.5. The number of hydrogen-bond acceptors (Lipinski definition) is 5. The molecule has 1 atom stereocenters. The third-order valence-electron chi connectivity index (χ3n) is 8.82. The number of rotatable bonds is 7. The van der Waals surface area contributed by atoms with Gasteiger partial charge in [-0.05, 0) is 73.8 Å². The standard InChI is InChI=1S/C31H39ClF3N3O4/c1-29(20-21-10-14-37(15-11-21)23-8-9-25(26(32)19-23)27(39)36(2)3)12-16-38(17-13-29)28(40)30(41,31(33,34)35)22-6-5-7-24(18-22)42-4/h5-9,18-19,21,41H,10-17,20H2,1-4H3/t30-/m1/s1. The van der Waals surface area contributed by atoms with Crippen molar-refractivity contribution < 1.29 is 32.6 Å². The summed E-state index contributed by atoms with van der Waals surface area (Å²) in [5.41, 5.74) is -2.88. The van der Waals surface area contributed by atoms with Crippen LogP contribution in [0.3, 0.4) is 0 Å². The van der Waals surface area contributed by atoms with E-state index in [2.05, 4.69) is 11.8 Å². The normalized spacial score (nSPS) is 19.3. The third-order valence-corrected chi connectivity index (χ3v) is 9.13. The SMILES string of the molecule is COc1cccc([C@@](O)(C(=O)N2CCC(C)(CC3CCN(c4ccc(C(=O)N(C)C)c(Cl)c4)CC3)CC2)C(F)(F)F)c1. The number of benzene rings is 2. The maximum atomic E-state index is 14.2. The van der Waals surface area contributed by atoms with Crippen LogP contribution in [0, 0.1) is 11.3 Å². The van der Waals surface area contributed by atoms with Gasteiger partial charge in [0, 0.05) is 51.5 Å². The molecule has 2 amide bonds. The third kappa shape index (κ3) is 6.49. The average molecular weight is 610 g/mol. The van der Waals surface area contributed by atoms with E-state index in [1.807, 2.05) is 12.1 Å². The van der Waals surface area contributed by atoms with Crippen molar-refractivity contribution in [2.45, 2.75) is 50.8 Å². The van der Waals surface area contributed by atoms with Crippen LogP contribution in [-0.4, -0.2) is 80.3 Å². The van der Waals surface area contributed by atoms with E-state index >= 15 is 0 Å². The second kappa shape index (κ2) is 12.3. The van der Waals surface area contributed by atoms with Crippen LogP contribution in [0.4, 0.5) is 18.9 Å². The number of alkyl halides is 3. The number of ether oxygens (including phenoxy) is 1.